The van der Waals surface area contributed by atoms with E-state index in [2.05, 4.69) is 29.0 Å². The van der Waals surface area contributed by atoms with E-state index >= 15 is 0 Å². The second kappa shape index (κ2) is 6.39. The summed E-state index contributed by atoms with van der Waals surface area (Å²) in [6.45, 7) is 8.05. The Hall–Kier alpha value is -0.800. The topological polar surface area (TPSA) is 28.2 Å². The van der Waals surface area contributed by atoms with E-state index < -0.39 is 0 Å². The van der Waals surface area contributed by atoms with Gasteiger partial charge in [0.25, 0.3) is 0 Å². The quantitative estimate of drug-likeness (QED) is 0.849. The van der Waals surface area contributed by atoms with E-state index in [1.807, 2.05) is 12.1 Å². The summed E-state index contributed by atoms with van der Waals surface area (Å²) in [6, 6.07) is 4.34. The zero-order valence-electron chi connectivity index (χ0n) is 11.2. The van der Waals surface area contributed by atoms with E-state index in [1.54, 1.807) is 6.20 Å². The van der Waals surface area contributed by atoms with Crippen LogP contribution in [0, 0.1) is 5.92 Å². The molecule has 2 heterocycles. The second-order valence-electron chi connectivity index (χ2n) is 5.07. The number of hydrogen-bond acceptors (Lipinski definition) is 3. The molecule has 18 heavy (non-hydrogen) atoms. The highest BCUT2D eigenvalue weighted by Gasteiger charge is 2.24. The molecule has 1 saturated heterocycles. The van der Waals surface area contributed by atoms with Gasteiger partial charge in [-0.1, -0.05) is 18.5 Å². The van der Waals surface area contributed by atoms with Gasteiger partial charge in [-0.25, -0.2) is 4.98 Å². The molecule has 2 rings (SSSR count). The molecule has 0 aromatic carbocycles. The van der Waals surface area contributed by atoms with Crippen LogP contribution in [-0.2, 0) is 0 Å². The van der Waals surface area contributed by atoms with Crippen molar-refractivity contribution in [3.05, 3.63) is 23.5 Å². The van der Waals surface area contributed by atoms with Crippen molar-refractivity contribution in [2.75, 3.05) is 25.0 Å². The Morgan fingerprint density at radius 3 is 3.17 bits per heavy atom. The monoisotopic (exact) mass is 267 g/mol. The largest absolute Gasteiger partial charge is 0.380 e. The maximum atomic E-state index is 6.08. The molecule has 0 spiro atoms. The lowest BCUT2D eigenvalue weighted by atomic mass is 9.91. The number of nitrogens with zero attached hydrogens (tertiary/aromatic N) is 2. The number of piperidine rings is 1. The summed E-state index contributed by atoms with van der Waals surface area (Å²) in [5.41, 5.74) is 0.945. The minimum atomic E-state index is 0.432. The van der Waals surface area contributed by atoms with Crippen LogP contribution < -0.4 is 5.32 Å². The van der Waals surface area contributed by atoms with E-state index in [1.165, 1.54) is 25.9 Å². The Labute approximate surface area is 115 Å². The zero-order valence-corrected chi connectivity index (χ0v) is 12.0. The summed E-state index contributed by atoms with van der Waals surface area (Å²) in [5.74, 6) is 0.690. The van der Waals surface area contributed by atoms with Gasteiger partial charge in [-0.05, 0) is 50.9 Å². The van der Waals surface area contributed by atoms with E-state index in [0.29, 0.717) is 17.1 Å². The Balaban J connectivity index is 1.95. The molecule has 2 unspecified atom stereocenters. The first kappa shape index (κ1) is 13.6. The molecule has 0 bridgehead atoms. The van der Waals surface area contributed by atoms with Crippen molar-refractivity contribution in [1.82, 2.24) is 9.88 Å². The van der Waals surface area contributed by atoms with E-state index in [-0.39, 0.29) is 0 Å². The summed E-state index contributed by atoms with van der Waals surface area (Å²) in [5, 5.41) is 4.07. The van der Waals surface area contributed by atoms with E-state index in [0.717, 1.165) is 12.2 Å². The lowest BCUT2D eigenvalue weighted by molar-refractivity contribution is 0.172. The molecule has 1 fully saturated rings. The van der Waals surface area contributed by atoms with Crippen LogP contribution in [0.2, 0.25) is 5.15 Å². The third kappa shape index (κ3) is 3.36. The smallest absolute Gasteiger partial charge is 0.152 e. The number of halogens is 1. The predicted octanol–water partition coefficient (Wildman–Crippen LogP) is 3.27. The molecule has 1 aliphatic rings. The normalized spacial score (nSPS) is 22.7. The van der Waals surface area contributed by atoms with Gasteiger partial charge in [0.15, 0.2) is 5.15 Å². The Kier molecular flexibility index (Phi) is 4.84. The van der Waals surface area contributed by atoms with Crippen LogP contribution in [0.4, 0.5) is 5.69 Å². The van der Waals surface area contributed by atoms with Crippen molar-refractivity contribution in [3.63, 3.8) is 0 Å². The van der Waals surface area contributed by atoms with Gasteiger partial charge in [0, 0.05) is 18.8 Å². The first-order chi connectivity index (χ1) is 8.70. The molecule has 2 atom stereocenters. The van der Waals surface area contributed by atoms with Crippen LogP contribution in [0.5, 0.6) is 0 Å². The number of rotatable bonds is 4. The van der Waals surface area contributed by atoms with E-state index in [4.69, 9.17) is 11.6 Å². The highest BCUT2D eigenvalue weighted by atomic mass is 35.5. The number of hydrogen-bond donors (Lipinski definition) is 1. The maximum Gasteiger partial charge on any atom is 0.152 e. The number of aromatic nitrogens is 1. The third-order valence-corrected chi connectivity index (χ3v) is 4.14. The highest BCUT2D eigenvalue weighted by Crippen LogP contribution is 2.24. The fourth-order valence-corrected chi connectivity index (χ4v) is 2.82. The SMILES string of the molecule is CCN1CCCC(C(C)Nc2cccnc2Cl)C1. The lowest BCUT2D eigenvalue weighted by Crippen LogP contribution is -2.41. The van der Waals surface area contributed by atoms with Gasteiger partial charge in [-0.3, -0.25) is 0 Å². The van der Waals surface area contributed by atoms with Gasteiger partial charge in [0.1, 0.15) is 0 Å². The molecule has 4 heteroatoms. The molecular formula is C14H22ClN3. The minimum absolute atomic E-state index is 0.432. The van der Waals surface area contributed by atoms with Gasteiger partial charge < -0.3 is 10.2 Å². The molecule has 0 saturated carbocycles. The van der Waals surface area contributed by atoms with Crippen LogP contribution in [0.15, 0.2) is 18.3 Å². The Morgan fingerprint density at radius 2 is 2.44 bits per heavy atom. The first-order valence-electron chi connectivity index (χ1n) is 6.80. The number of nitrogens with one attached hydrogen (secondary N) is 1. The minimum Gasteiger partial charge on any atom is -0.380 e. The van der Waals surface area contributed by atoms with Crippen molar-refractivity contribution in [2.24, 2.45) is 5.92 Å². The number of likely N-dealkylation sites (tertiary alicyclic amines) is 1. The van der Waals surface area contributed by atoms with Crippen LogP contribution in [-0.4, -0.2) is 35.6 Å². The molecule has 1 aromatic rings. The Bertz CT molecular complexity index is 383. The summed E-state index contributed by atoms with van der Waals surface area (Å²) in [4.78, 5) is 6.63. The van der Waals surface area contributed by atoms with Gasteiger partial charge in [-0.15, -0.1) is 0 Å². The van der Waals surface area contributed by atoms with Gasteiger partial charge >= 0.3 is 0 Å². The van der Waals surface area contributed by atoms with Crippen LogP contribution in [0.1, 0.15) is 26.7 Å². The fourth-order valence-electron chi connectivity index (χ4n) is 2.64. The van der Waals surface area contributed by atoms with E-state index in [9.17, 15) is 0 Å². The van der Waals surface area contributed by atoms with Crippen LogP contribution in [0.3, 0.4) is 0 Å². The molecule has 1 aliphatic heterocycles. The van der Waals surface area contributed by atoms with Crippen molar-refractivity contribution < 1.29 is 0 Å². The Morgan fingerprint density at radius 1 is 1.61 bits per heavy atom. The van der Waals surface area contributed by atoms with Crippen LogP contribution in [0.25, 0.3) is 0 Å². The average molecular weight is 268 g/mol. The molecule has 3 nitrogen and oxygen atoms in total. The van der Waals surface area contributed by atoms with Gasteiger partial charge in [-0.2, -0.15) is 0 Å². The predicted molar refractivity (Wildman–Crippen MR) is 77.2 cm³/mol. The van der Waals surface area contributed by atoms with Gasteiger partial charge in [0.05, 0.1) is 5.69 Å². The fraction of sp³-hybridized carbons (Fsp3) is 0.643. The van der Waals surface area contributed by atoms with Crippen molar-refractivity contribution in [1.29, 1.82) is 0 Å². The van der Waals surface area contributed by atoms with Crippen molar-refractivity contribution in [3.8, 4) is 0 Å². The van der Waals surface area contributed by atoms with Crippen LogP contribution >= 0.6 is 11.6 Å². The standard InChI is InChI=1S/C14H22ClN3/c1-3-18-9-5-6-12(10-18)11(2)17-13-7-4-8-16-14(13)15/h4,7-8,11-12,17H,3,5-6,9-10H2,1-2H3. The highest BCUT2D eigenvalue weighted by molar-refractivity contribution is 6.31. The molecule has 0 radical (unpaired) electrons. The molecule has 1 aromatic heterocycles. The second-order valence-corrected chi connectivity index (χ2v) is 5.43. The van der Waals surface area contributed by atoms with Crippen molar-refractivity contribution in [2.45, 2.75) is 32.7 Å². The molecule has 0 amide bonds. The lowest BCUT2D eigenvalue weighted by Gasteiger charge is -2.35. The first-order valence-corrected chi connectivity index (χ1v) is 7.18. The summed E-state index contributed by atoms with van der Waals surface area (Å²) in [7, 11) is 0. The molecule has 100 valence electrons. The van der Waals surface area contributed by atoms with Gasteiger partial charge in [0.2, 0.25) is 0 Å². The molecular weight excluding hydrogens is 246 g/mol. The number of anilines is 1. The maximum absolute atomic E-state index is 6.08. The number of pyridine rings is 1. The third-order valence-electron chi connectivity index (χ3n) is 3.84. The molecule has 1 N–H and O–H groups in total. The summed E-state index contributed by atoms with van der Waals surface area (Å²) in [6.07, 6.45) is 4.31. The average Bonchev–Trinajstić information content (AvgIpc) is 2.41. The molecule has 0 aliphatic carbocycles. The summed E-state index contributed by atoms with van der Waals surface area (Å²) >= 11 is 6.08. The zero-order chi connectivity index (χ0) is 13.0. The summed E-state index contributed by atoms with van der Waals surface area (Å²) < 4.78 is 0. The van der Waals surface area contributed by atoms with Crippen molar-refractivity contribution >= 4 is 17.3 Å².